The SMILES string of the molecule is [2H]C([2H])(CCC)C([2H])([2H])C([2H])([2H])OC1=NCN=C1C1=CCCN(C)C1. The molecule has 2 aliphatic rings. The normalized spacial score (nSPS) is 26.9. The summed E-state index contributed by atoms with van der Waals surface area (Å²) in [4.78, 5) is 10.4. The fourth-order valence-electron chi connectivity index (χ4n) is 1.99. The first-order valence-corrected chi connectivity index (χ1v) is 6.68. The van der Waals surface area contributed by atoms with Crippen molar-refractivity contribution in [3.63, 3.8) is 0 Å². The third kappa shape index (κ3) is 4.16. The molecule has 0 aromatic heterocycles. The Bertz CT molecular complexity index is 600. The van der Waals surface area contributed by atoms with Crippen LogP contribution in [0.25, 0.3) is 0 Å². The van der Waals surface area contributed by atoms with Gasteiger partial charge >= 0.3 is 0 Å². The van der Waals surface area contributed by atoms with Crippen LogP contribution in [0.15, 0.2) is 21.6 Å². The monoisotopic (exact) mass is 269 g/mol. The number of hydrogen-bond donors (Lipinski definition) is 0. The van der Waals surface area contributed by atoms with Gasteiger partial charge in [-0.2, -0.15) is 0 Å². The summed E-state index contributed by atoms with van der Waals surface area (Å²) >= 11 is 0. The maximum absolute atomic E-state index is 8.04. The maximum Gasteiger partial charge on any atom is 0.237 e. The van der Waals surface area contributed by atoms with Crippen molar-refractivity contribution in [2.45, 2.75) is 38.9 Å². The summed E-state index contributed by atoms with van der Waals surface area (Å²) in [6.07, 6.45) is -2.08. The molecule has 106 valence electrons. The molecule has 2 heterocycles. The van der Waals surface area contributed by atoms with Crippen molar-refractivity contribution in [3.8, 4) is 0 Å². The van der Waals surface area contributed by atoms with Gasteiger partial charge in [-0.05, 0) is 25.4 Å². The lowest BCUT2D eigenvalue weighted by Crippen LogP contribution is -2.31. The molecule has 0 radical (unpaired) electrons. The molecule has 4 heteroatoms. The molecule has 4 nitrogen and oxygen atoms in total. The molecule has 0 bridgehead atoms. The van der Waals surface area contributed by atoms with Crippen LogP contribution >= 0.6 is 0 Å². The summed E-state index contributed by atoms with van der Waals surface area (Å²) in [5, 5.41) is 0. The second-order valence-corrected chi connectivity index (χ2v) is 4.62. The molecular weight excluding hydrogens is 238 g/mol. The van der Waals surface area contributed by atoms with Crippen LogP contribution in [0, 0.1) is 0 Å². The molecule has 2 aliphatic heterocycles. The van der Waals surface area contributed by atoms with E-state index in [0.717, 1.165) is 18.5 Å². The molecule has 0 saturated heterocycles. The number of nitrogens with zero attached hydrogens (tertiary/aromatic N) is 3. The van der Waals surface area contributed by atoms with E-state index in [9.17, 15) is 0 Å². The first kappa shape index (κ1) is 8.20. The first-order valence-electron chi connectivity index (χ1n) is 9.68. The molecule has 0 aliphatic carbocycles. The van der Waals surface area contributed by atoms with Gasteiger partial charge in [-0.15, -0.1) is 0 Å². The van der Waals surface area contributed by atoms with Gasteiger partial charge < -0.3 is 9.64 Å². The Kier molecular flexibility index (Phi) is 3.21. The zero-order chi connectivity index (χ0) is 18.9. The minimum absolute atomic E-state index is 0.0530. The average molecular weight is 269 g/mol. The Hall–Kier alpha value is -1.16. The van der Waals surface area contributed by atoms with E-state index in [0.29, 0.717) is 18.7 Å². The van der Waals surface area contributed by atoms with Crippen LogP contribution in [0.2, 0.25) is 0 Å². The van der Waals surface area contributed by atoms with Crippen molar-refractivity contribution in [1.82, 2.24) is 4.90 Å². The molecule has 0 aromatic carbocycles. The largest absolute Gasteiger partial charge is 0.476 e. The standard InChI is InChI=1S/C15H25N3O/c1-3-4-5-6-10-19-15-14(16-12-17-15)13-8-7-9-18(2)11-13/h8H,3-7,9-12H2,1-2H3/i5D2,6D2,10D2. The zero-order valence-corrected chi connectivity index (χ0v) is 11.6. The Labute approximate surface area is 124 Å². The van der Waals surface area contributed by atoms with Crippen molar-refractivity contribution in [1.29, 1.82) is 0 Å². The van der Waals surface area contributed by atoms with Gasteiger partial charge in [-0.1, -0.05) is 32.2 Å². The van der Waals surface area contributed by atoms with E-state index in [2.05, 4.69) is 14.9 Å². The molecule has 0 aromatic rings. The number of ether oxygens (including phenoxy) is 1. The van der Waals surface area contributed by atoms with Crippen LogP contribution < -0.4 is 0 Å². The maximum atomic E-state index is 8.04. The van der Waals surface area contributed by atoms with Crippen molar-refractivity contribution < 1.29 is 13.0 Å². The van der Waals surface area contributed by atoms with Crippen LogP contribution in [-0.4, -0.2) is 49.9 Å². The predicted molar refractivity (Wildman–Crippen MR) is 80.0 cm³/mol. The molecule has 0 saturated carbocycles. The molecule has 0 spiro atoms. The Balaban J connectivity index is 2.20. The molecule has 0 unspecified atom stereocenters. The van der Waals surface area contributed by atoms with Gasteiger partial charge in [-0.3, -0.25) is 4.99 Å². The summed E-state index contributed by atoms with van der Waals surface area (Å²) in [6.45, 7) is 0.504. The molecule has 0 atom stereocenters. The zero-order valence-electron chi connectivity index (χ0n) is 17.6. The number of rotatable bonds is 6. The van der Waals surface area contributed by atoms with Gasteiger partial charge in [0, 0.05) is 18.6 Å². The topological polar surface area (TPSA) is 37.2 Å². The van der Waals surface area contributed by atoms with Gasteiger partial charge in [0.1, 0.15) is 12.4 Å². The second kappa shape index (κ2) is 7.43. The van der Waals surface area contributed by atoms with E-state index in [4.69, 9.17) is 13.0 Å². The van der Waals surface area contributed by atoms with Crippen molar-refractivity contribution in [2.75, 3.05) is 33.4 Å². The second-order valence-electron chi connectivity index (χ2n) is 4.62. The van der Waals surface area contributed by atoms with Gasteiger partial charge in [0.2, 0.25) is 5.90 Å². The van der Waals surface area contributed by atoms with E-state index in [1.807, 2.05) is 13.1 Å². The minimum atomic E-state index is -2.88. The summed E-state index contributed by atoms with van der Waals surface area (Å²) in [5.74, 6) is -0.0530. The van der Waals surface area contributed by atoms with E-state index < -0.39 is 19.3 Å². The number of hydrogen-bond acceptors (Lipinski definition) is 4. The van der Waals surface area contributed by atoms with Crippen LogP contribution in [-0.2, 0) is 4.74 Å². The highest BCUT2D eigenvalue weighted by atomic mass is 16.5. The molecule has 0 fully saturated rings. The van der Waals surface area contributed by atoms with Crippen molar-refractivity contribution in [2.24, 2.45) is 9.98 Å². The minimum Gasteiger partial charge on any atom is -0.476 e. The van der Waals surface area contributed by atoms with Crippen LogP contribution in [0.5, 0.6) is 0 Å². The highest BCUT2D eigenvalue weighted by Gasteiger charge is 2.22. The summed E-state index contributed by atoms with van der Waals surface area (Å²) in [6, 6.07) is 0. The van der Waals surface area contributed by atoms with Gasteiger partial charge in [0.25, 0.3) is 0 Å². The van der Waals surface area contributed by atoms with Crippen LogP contribution in [0.4, 0.5) is 0 Å². The lowest BCUT2D eigenvalue weighted by atomic mass is 10.1. The highest BCUT2D eigenvalue weighted by molar-refractivity contribution is 6.46. The predicted octanol–water partition coefficient (Wildman–Crippen LogP) is 2.66. The van der Waals surface area contributed by atoms with Crippen LogP contribution in [0.3, 0.4) is 0 Å². The van der Waals surface area contributed by atoms with E-state index in [-0.39, 0.29) is 19.0 Å². The fourth-order valence-corrected chi connectivity index (χ4v) is 1.99. The molecular formula is C15H25N3O. The Morgan fingerprint density at radius 2 is 2.32 bits per heavy atom. The smallest absolute Gasteiger partial charge is 0.237 e. The third-order valence-corrected chi connectivity index (χ3v) is 2.95. The quantitative estimate of drug-likeness (QED) is 0.743. The number of aliphatic imine (C=N–C) groups is 2. The van der Waals surface area contributed by atoms with Gasteiger partial charge in [0.05, 0.1) is 9.30 Å². The average Bonchev–Trinajstić information content (AvgIpc) is 2.94. The lowest BCUT2D eigenvalue weighted by molar-refractivity contribution is 0.298. The van der Waals surface area contributed by atoms with Gasteiger partial charge in [0.15, 0.2) is 0 Å². The summed E-state index contributed by atoms with van der Waals surface area (Å²) in [5.41, 5.74) is 1.31. The Morgan fingerprint density at radius 1 is 1.42 bits per heavy atom. The van der Waals surface area contributed by atoms with E-state index >= 15 is 0 Å². The molecule has 19 heavy (non-hydrogen) atoms. The van der Waals surface area contributed by atoms with Crippen molar-refractivity contribution >= 4 is 11.6 Å². The summed E-state index contributed by atoms with van der Waals surface area (Å²) < 4.78 is 53.2. The van der Waals surface area contributed by atoms with E-state index in [1.54, 1.807) is 6.92 Å². The molecule has 0 N–H and O–H groups in total. The van der Waals surface area contributed by atoms with Crippen LogP contribution in [0.1, 0.15) is 47.2 Å². The first-order chi connectivity index (χ1) is 11.5. The van der Waals surface area contributed by atoms with E-state index in [1.165, 1.54) is 0 Å². The van der Waals surface area contributed by atoms with Gasteiger partial charge in [-0.25, -0.2) is 4.99 Å². The Morgan fingerprint density at radius 3 is 3.11 bits per heavy atom. The fraction of sp³-hybridized carbons (Fsp3) is 0.733. The lowest BCUT2D eigenvalue weighted by Gasteiger charge is -2.23. The molecule has 2 rings (SSSR count). The summed E-state index contributed by atoms with van der Waals surface area (Å²) in [7, 11) is 1.97. The highest BCUT2D eigenvalue weighted by Crippen LogP contribution is 2.14. The number of likely N-dealkylation sites (N-methyl/N-ethyl adjacent to an activating group) is 1. The molecule has 0 amide bonds. The van der Waals surface area contributed by atoms with Crippen molar-refractivity contribution in [3.05, 3.63) is 11.6 Å². The third-order valence-electron chi connectivity index (χ3n) is 2.95.